The fraction of sp³-hybridized carbons (Fsp3) is 0.917. The Kier molecular flexibility index (Phi) is 9.86. The molecule has 0 aliphatic heterocycles. The first-order chi connectivity index (χ1) is 8.10. The fourth-order valence-electron chi connectivity index (χ4n) is 1.32. The first-order valence-electron chi connectivity index (χ1n) is 6.17. The Labute approximate surface area is 105 Å². The van der Waals surface area contributed by atoms with Crippen LogP contribution in [0, 0.1) is 0 Å². The first kappa shape index (κ1) is 16.2. The monoisotopic (exact) mass is 245 g/mol. The molecular weight excluding hydrogens is 218 g/mol. The van der Waals surface area contributed by atoms with Gasteiger partial charge in [0, 0.05) is 33.4 Å². The average molecular weight is 245 g/mol. The lowest BCUT2D eigenvalue weighted by atomic mass is 10.3. The van der Waals surface area contributed by atoms with Crippen LogP contribution in [0.25, 0.3) is 0 Å². The van der Waals surface area contributed by atoms with E-state index in [0.29, 0.717) is 12.7 Å². The van der Waals surface area contributed by atoms with Gasteiger partial charge < -0.3 is 20.1 Å². The second kappa shape index (κ2) is 10.4. The summed E-state index contributed by atoms with van der Waals surface area (Å²) in [5.41, 5.74) is 0. The normalized spacial score (nSPS) is 13.9. The summed E-state index contributed by atoms with van der Waals surface area (Å²) in [6.45, 7) is 8.43. The molecule has 0 aromatic heterocycles. The van der Waals surface area contributed by atoms with Crippen LogP contribution in [0.4, 0.5) is 0 Å². The summed E-state index contributed by atoms with van der Waals surface area (Å²) >= 11 is 0. The van der Waals surface area contributed by atoms with Crippen LogP contribution in [0.2, 0.25) is 0 Å². The van der Waals surface area contributed by atoms with Crippen molar-refractivity contribution in [1.29, 1.82) is 0 Å². The van der Waals surface area contributed by atoms with Crippen LogP contribution < -0.4 is 10.6 Å². The van der Waals surface area contributed by atoms with E-state index in [1.807, 2.05) is 13.8 Å². The fourth-order valence-corrected chi connectivity index (χ4v) is 1.32. The molecule has 0 radical (unpaired) electrons. The van der Waals surface area contributed by atoms with Gasteiger partial charge in [0.2, 0.25) is 0 Å². The predicted molar refractivity (Wildman–Crippen MR) is 71.5 cm³/mol. The zero-order valence-corrected chi connectivity index (χ0v) is 11.7. The highest BCUT2D eigenvalue weighted by atomic mass is 16.5. The second-order valence-electron chi connectivity index (χ2n) is 4.27. The van der Waals surface area contributed by atoms with Crippen LogP contribution in [-0.4, -0.2) is 52.0 Å². The molecule has 1 atom stereocenters. The van der Waals surface area contributed by atoms with Gasteiger partial charge in [-0.3, -0.25) is 4.99 Å². The Hall–Kier alpha value is -0.810. The van der Waals surface area contributed by atoms with Crippen molar-refractivity contribution in [3.63, 3.8) is 0 Å². The van der Waals surface area contributed by atoms with Crippen molar-refractivity contribution < 1.29 is 9.47 Å². The topological polar surface area (TPSA) is 54.9 Å². The van der Waals surface area contributed by atoms with E-state index in [9.17, 15) is 0 Å². The molecule has 0 aliphatic rings. The number of nitrogens with one attached hydrogen (secondary N) is 2. The van der Waals surface area contributed by atoms with Crippen molar-refractivity contribution in [1.82, 2.24) is 10.6 Å². The lowest BCUT2D eigenvalue weighted by Crippen LogP contribution is -2.44. The number of hydrogen-bond donors (Lipinski definition) is 2. The number of aliphatic imine (C=N–C) groups is 1. The number of methoxy groups -OCH3 is 1. The minimum absolute atomic E-state index is 0.248. The van der Waals surface area contributed by atoms with Gasteiger partial charge in [-0.05, 0) is 27.2 Å². The minimum atomic E-state index is 0.248. The highest BCUT2D eigenvalue weighted by Crippen LogP contribution is 1.89. The number of hydrogen-bond acceptors (Lipinski definition) is 3. The Morgan fingerprint density at radius 3 is 2.53 bits per heavy atom. The molecule has 0 aliphatic carbocycles. The maximum Gasteiger partial charge on any atom is 0.191 e. The van der Waals surface area contributed by atoms with Crippen LogP contribution in [0.15, 0.2) is 4.99 Å². The number of guanidine groups is 1. The van der Waals surface area contributed by atoms with Gasteiger partial charge in [-0.15, -0.1) is 0 Å². The largest absolute Gasteiger partial charge is 0.383 e. The summed E-state index contributed by atoms with van der Waals surface area (Å²) < 4.78 is 10.5. The summed E-state index contributed by atoms with van der Waals surface area (Å²) in [6, 6.07) is 0.248. The van der Waals surface area contributed by atoms with Crippen molar-refractivity contribution in [2.75, 3.05) is 33.9 Å². The molecule has 0 saturated heterocycles. The van der Waals surface area contributed by atoms with Crippen LogP contribution >= 0.6 is 0 Å². The molecule has 102 valence electrons. The lowest BCUT2D eigenvalue weighted by Gasteiger charge is -2.17. The zero-order chi connectivity index (χ0) is 13.1. The van der Waals surface area contributed by atoms with Crippen molar-refractivity contribution in [2.45, 2.75) is 39.3 Å². The number of nitrogens with zero attached hydrogens (tertiary/aromatic N) is 1. The average Bonchev–Trinajstić information content (AvgIpc) is 2.27. The van der Waals surface area contributed by atoms with E-state index in [1.54, 1.807) is 14.2 Å². The van der Waals surface area contributed by atoms with Gasteiger partial charge >= 0.3 is 0 Å². The Morgan fingerprint density at radius 2 is 2.00 bits per heavy atom. The summed E-state index contributed by atoms with van der Waals surface area (Å²) in [5.74, 6) is 0.805. The molecule has 0 fully saturated rings. The summed E-state index contributed by atoms with van der Waals surface area (Å²) in [6.07, 6.45) is 1.27. The van der Waals surface area contributed by atoms with Gasteiger partial charge in [0.15, 0.2) is 5.96 Å². The van der Waals surface area contributed by atoms with Crippen molar-refractivity contribution in [3.05, 3.63) is 0 Å². The first-order valence-corrected chi connectivity index (χ1v) is 6.17. The van der Waals surface area contributed by atoms with E-state index in [-0.39, 0.29) is 6.04 Å². The molecule has 0 bridgehead atoms. The molecule has 0 spiro atoms. The third-order valence-corrected chi connectivity index (χ3v) is 2.09. The SMILES string of the molecule is CN=C(NCCCOC(C)C)NC(C)COC. The second-order valence-corrected chi connectivity index (χ2v) is 4.27. The Balaban J connectivity index is 3.62. The Bertz CT molecular complexity index is 208. The van der Waals surface area contributed by atoms with E-state index in [0.717, 1.165) is 25.5 Å². The van der Waals surface area contributed by atoms with E-state index in [1.165, 1.54) is 0 Å². The predicted octanol–water partition coefficient (Wildman–Crippen LogP) is 1.00. The number of ether oxygens (including phenoxy) is 2. The molecule has 0 rings (SSSR count). The molecule has 17 heavy (non-hydrogen) atoms. The van der Waals surface area contributed by atoms with Crippen LogP contribution in [0.5, 0.6) is 0 Å². The van der Waals surface area contributed by atoms with Crippen molar-refractivity contribution >= 4 is 5.96 Å². The third kappa shape index (κ3) is 10.1. The minimum Gasteiger partial charge on any atom is -0.383 e. The van der Waals surface area contributed by atoms with Gasteiger partial charge in [-0.2, -0.15) is 0 Å². The van der Waals surface area contributed by atoms with Crippen molar-refractivity contribution in [2.24, 2.45) is 4.99 Å². The summed E-state index contributed by atoms with van der Waals surface area (Å²) in [5, 5.41) is 6.48. The molecule has 5 heteroatoms. The standard InChI is InChI=1S/C12H27N3O2/c1-10(2)17-8-6-7-14-12(13-4)15-11(3)9-16-5/h10-11H,6-9H2,1-5H3,(H2,13,14,15). The molecule has 0 aromatic carbocycles. The quantitative estimate of drug-likeness (QED) is 0.380. The van der Waals surface area contributed by atoms with Gasteiger partial charge in [-0.1, -0.05) is 0 Å². The van der Waals surface area contributed by atoms with Gasteiger partial charge in [-0.25, -0.2) is 0 Å². The smallest absolute Gasteiger partial charge is 0.191 e. The molecular formula is C12H27N3O2. The zero-order valence-electron chi connectivity index (χ0n) is 11.7. The molecule has 0 aromatic rings. The van der Waals surface area contributed by atoms with Crippen LogP contribution in [0.3, 0.4) is 0 Å². The van der Waals surface area contributed by atoms with E-state index in [2.05, 4.69) is 22.5 Å². The van der Waals surface area contributed by atoms with Crippen LogP contribution in [0.1, 0.15) is 27.2 Å². The highest BCUT2D eigenvalue weighted by Gasteiger charge is 2.03. The molecule has 5 nitrogen and oxygen atoms in total. The summed E-state index contributed by atoms with van der Waals surface area (Å²) in [7, 11) is 3.46. The van der Waals surface area contributed by atoms with Gasteiger partial charge in [0.05, 0.1) is 12.7 Å². The Morgan fingerprint density at radius 1 is 1.29 bits per heavy atom. The van der Waals surface area contributed by atoms with Crippen LogP contribution in [-0.2, 0) is 9.47 Å². The van der Waals surface area contributed by atoms with Gasteiger partial charge in [0.1, 0.15) is 0 Å². The third-order valence-electron chi connectivity index (χ3n) is 2.09. The molecule has 0 amide bonds. The maximum atomic E-state index is 5.46. The summed E-state index contributed by atoms with van der Waals surface area (Å²) in [4.78, 5) is 4.14. The van der Waals surface area contributed by atoms with E-state index < -0.39 is 0 Å². The molecule has 0 saturated carbocycles. The van der Waals surface area contributed by atoms with Crippen molar-refractivity contribution in [3.8, 4) is 0 Å². The van der Waals surface area contributed by atoms with E-state index >= 15 is 0 Å². The molecule has 2 N–H and O–H groups in total. The molecule has 1 unspecified atom stereocenters. The molecule has 0 heterocycles. The van der Waals surface area contributed by atoms with E-state index in [4.69, 9.17) is 9.47 Å². The number of rotatable bonds is 8. The highest BCUT2D eigenvalue weighted by molar-refractivity contribution is 5.79. The lowest BCUT2D eigenvalue weighted by molar-refractivity contribution is 0.0776. The maximum absolute atomic E-state index is 5.46. The van der Waals surface area contributed by atoms with Gasteiger partial charge in [0.25, 0.3) is 0 Å².